The summed E-state index contributed by atoms with van der Waals surface area (Å²) < 4.78 is 13.3. The van der Waals surface area contributed by atoms with Gasteiger partial charge in [0.05, 0.1) is 6.20 Å². The third kappa shape index (κ3) is 1.89. The summed E-state index contributed by atoms with van der Waals surface area (Å²) in [4.78, 5) is 7.27. The molecule has 1 heterocycles. The highest BCUT2D eigenvalue weighted by atomic mass is 35.5. The number of hydrogen-bond acceptors (Lipinski definition) is 3. The fraction of sp³-hybridized carbons (Fsp3) is 0. The topological polar surface area (TPSA) is 46.0 Å². The minimum absolute atomic E-state index is 0.0324. The smallest absolute Gasteiger partial charge is 0.167 e. The summed E-state index contributed by atoms with van der Waals surface area (Å²) in [5.74, 6) is -0.674. The monoisotopic (exact) mass is 224 g/mol. The van der Waals surface area contributed by atoms with E-state index in [4.69, 9.17) is 11.6 Å². The molecule has 15 heavy (non-hydrogen) atoms. The second-order valence-corrected chi connectivity index (χ2v) is 3.32. The molecule has 0 radical (unpaired) electrons. The van der Waals surface area contributed by atoms with Crippen LogP contribution in [0.4, 0.5) is 4.39 Å². The first-order valence-corrected chi connectivity index (χ1v) is 4.50. The van der Waals surface area contributed by atoms with Crippen LogP contribution >= 0.6 is 11.6 Å². The summed E-state index contributed by atoms with van der Waals surface area (Å²) >= 11 is 5.74. The Morgan fingerprint density at radius 2 is 2.13 bits per heavy atom. The highest BCUT2D eigenvalue weighted by molar-refractivity contribution is 6.30. The lowest BCUT2D eigenvalue weighted by molar-refractivity contribution is 0.476. The van der Waals surface area contributed by atoms with Crippen LogP contribution in [0.1, 0.15) is 0 Å². The van der Waals surface area contributed by atoms with E-state index in [2.05, 4.69) is 9.97 Å². The van der Waals surface area contributed by atoms with E-state index in [9.17, 15) is 9.50 Å². The maximum Gasteiger partial charge on any atom is 0.167 e. The molecule has 0 fully saturated rings. The number of hydrogen-bond donors (Lipinski definition) is 1. The molecule has 0 saturated carbocycles. The van der Waals surface area contributed by atoms with Gasteiger partial charge in [0.15, 0.2) is 5.82 Å². The van der Waals surface area contributed by atoms with Crippen molar-refractivity contribution < 1.29 is 9.50 Å². The lowest BCUT2D eigenvalue weighted by Gasteiger charge is -2.04. The average molecular weight is 225 g/mol. The molecule has 2 rings (SSSR count). The van der Waals surface area contributed by atoms with Gasteiger partial charge in [0.2, 0.25) is 0 Å². The van der Waals surface area contributed by atoms with E-state index < -0.39 is 5.82 Å². The summed E-state index contributed by atoms with van der Waals surface area (Å²) in [7, 11) is 0. The van der Waals surface area contributed by atoms with E-state index in [1.807, 2.05) is 0 Å². The molecule has 0 aliphatic rings. The van der Waals surface area contributed by atoms with Gasteiger partial charge in [-0.25, -0.2) is 14.4 Å². The van der Waals surface area contributed by atoms with Crippen LogP contribution in [0.15, 0.2) is 30.7 Å². The van der Waals surface area contributed by atoms with Crippen molar-refractivity contribution in [2.45, 2.75) is 0 Å². The van der Waals surface area contributed by atoms with Gasteiger partial charge < -0.3 is 5.11 Å². The van der Waals surface area contributed by atoms with E-state index in [1.54, 1.807) is 0 Å². The van der Waals surface area contributed by atoms with Crippen molar-refractivity contribution in [3.63, 3.8) is 0 Å². The lowest BCUT2D eigenvalue weighted by Crippen LogP contribution is -1.90. The summed E-state index contributed by atoms with van der Waals surface area (Å²) in [6.45, 7) is 0. The van der Waals surface area contributed by atoms with Gasteiger partial charge >= 0.3 is 0 Å². The SMILES string of the molecule is Oc1ccc(Cl)cc1-c1ncncc1F. The molecule has 0 bridgehead atoms. The van der Waals surface area contributed by atoms with E-state index in [0.717, 1.165) is 6.20 Å². The van der Waals surface area contributed by atoms with Gasteiger partial charge in [0.1, 0.15) is 17.8 Å². The number of phenolic OH excluding ortho intramolecular Hbond substituents is 1. The van der Waals surface area contributed by atoms with Crippen LogP contribution in [0.2, 0.25) is 5.02 Å². The number of benzene rings is 1. The Kier molecular flexibility index (Phi) is 2.51. The second kappa shape index (κ2) is 3.82. The summed E-state index contributed by atoms with van der Waals surface area (Å²) in [6.07, 6.45) is 2.24. The fourth-order valence-corrected chi connectivity index (χ4v) is 1.38. The van der Waals surface area contributed by atoms with Gasteiger partial charge in [-0.05, 0) is 18.2 Å². The Morgan fingerprint density at radius 1 is 1.33 bits per heavy atom. The molecule has 0 amide bonds. The molecular formula is C10H6ClFN2O. The minimum Gasteiger partial charge on any atom is -0.507 e. The Hall–Kier alpha value is -1.68. The van der Waals surface area contributed by atoms with Crippen molar-refractivity contribution >= 4 is 11.6 Å². The number of halogens is 2. The zero-order valence-electron chi connectivity index (χ0n) is 7.48. The van der Waals surface area contributed by atoms with E-state index >= 15 is 0 Å². The van der Waals surface area contributed by atoms with Crippen LogP contribution in [0, 0.1) is 5.82 Å². The van der Waals surface area contributed by atoms with Crippen LogP contribution in [0.25, 0.3) is 11.3 Å². The highest BCUT2D eigenvalue weighted by Crippen LogP contribution is 2.31. The number of phenols is 1. The molecule has 2 aromatic rings. The summed E-state index contributed by atoms with van der Waals surface area (Å²) in [6, 6.07) is 4.35. The van der Waals surface area contributed by atoms with E-state index in [-0.39, 0.29) is 17.0 Å². The number of rotatable bonds is 1. The van der Waals surface area contributed by atoms with Crippen molar-refractivity contribution in [2.24, 2.45) is 0 Å². The Morgan fingerprint density at radius 3 is 2.87 bits per heavy atom. The molecule has 5 heteroatoms. The van der Waals surface area contributed by atoms with Crippen LogP contribution < -0.4 is 0 Å². The molecule has 0 atom stereocenters. The van der Waals surface area contributed by atoms with Crippen molar-refractivity contribution in [1.29, 1.82) is 0 Å². The predicted octanol–water partition coefficient (Wildman–Crippen LogP) is 2.64. The van der Waals surface area contributed by atoms with Gasteiger partial charge in [-0.15, -0.1) is 0 Å². The first-order chi connectivity index (χ1) is 7.18. The average Bonchev–Trinajstić information content (AvgIpc) is 2.23. The minimum atomic E-state index is -0.602. The van der Waals surface area contributed by atoms with Gasteiger partial charge in [0, 0.05) is 10.6 Å². The Balaban J connectivity index is 2.64. The lowest BCUT2D eigenvalue weighted by atomic mass is 10.1. The zero-order chi connectivity index (χ0) is 10.8. The largest absolute Gasteiger partial charge is 0.507 e. The second-order valence-electron chi connectivity index (χ2n) is 2.88. The van der Waals surface area contributed by atoms with Crippen LogP contribution in [-0.4, -0.2) is 15.1 Å². The number of aromatic nitrogens is 2. The predicted molar refractivity (Wildman–Crippen MR) is 54.1 cm³/mol. The first-order valence-electron chi connectivity index (χ1n) is 4.13. The number of nitrogens with zero attached hydrogens (tertiary/aromatic N) is 2. The maximum absolute atomic E-state index is 13.3. The molecule has 0 aliphatic carbocycles. The normalized spacial score (nSPS) is 10.3. The van der Waals surface area contributed by atoms with Crippen molar-refractivity contribution in [2.75, 3.05) is 0 Å². The maximum atomic E-state index is 13.3. The molecule has 1 aromatic carbocycles. The molecule has 0 aliphatic heterocycles. The molecule has 0 unspecified atom stereocenters. The molecule has 3 nitrogen and oxygen atoms in total. The first kappa shape index (κ1) is 9.86. The van der Waals surface area contributed by atoms with Crippen molar-refractivity contribution in [3.8, 4) is 17.0 Å². The summed E-state index contributed by atoms with van der Waals surface area (Å²) in [5.41, 5.74) is 0.285. The zero-order valence-corrected chi connectivity index (χ0v) is 8.24. The van der Waals surface area contributed by atoms with Gasteiger partial charge in [0.25, 0.3) is 0 Å². The van der Waals surface area contributed by atoms with Gasteiger partial charge in [-0.1, -0.05) is 11.6 Å². The third-order valence-electron chi connectivity index (χ3n) is 1.88. The molecule has 1 N–H and O–H groups in total. The fourth-order valence-electron chi connectivity index (χ4n) is 1.21. The number of aromatic hydroxyl groups is 1. The van der Waals surface area contributed by atoms with Crippen LogP contribution in [0.5, 0.6) is 5.75 Å². The summed E-state index contributed by atoms with van der Waals surface area (Å²) in [5, 5.41) is 9.93. The molecule has 0 spiro atoms. The van der Waals surface area contributed by atoms with Crippen molar-refractivity contribution in [3.05, 3.63) is 41.6 Å². The Labute approximate surface area is 90.2 Å². The quantitative estimate of drug-likeness (QED) is 0.810. The van der Waals surface area contributed by atoms with Crippen LogP contribution in [-0.2, 0) is 0 Å². The molecule has 76 valence electrons. The molecule has 0 saturated heterocycles. The van der Waals surface area contributed by atoms with Gasteiger partial charge in [-0.2, -0.15) is 0 Å². The van der Waals surface area contributed by atoms with Gasteiger partial charge in [-0.3, -0.25) is 0 Å². The molecule has 1 aromatic heterocycles. The highest BCUT2D eigenvalue weighted by Gasteiger charge is 2.11. The third-order valence-corrected chi connectivity index (χ3v) is 2.12. The van der Waals surface area contributed by atoms with Crippen molar-refractivity contribution in [1.82, 2.24) is 9.97 Å². The molecular weight excluding hydrogens is 219 g/mol. The Bertz CT molecular complexity index is 505. The van der Waals surface area contributed by atoms with E-state index in [0.29, 0.717) is 5.02 Å². The van der Waals surface area contributed by atoms with Crippen LogP contribution in [0.3, 0.4) is 0 Å². The van der Waals surface area contributed by atoms with E-state index in [1.165, 1.54) is 24.5 Å². The standard InChI is InChI=1S/C10H6ClFN2O/c11-6-1-2-9(15)7(3-6)10-8(12)4-13-5-14-10/h1-5,15H.